The molecule has 0 aliphatic carbocycles. The number of sulfonamides is 2. The maximum absolute atomic E-state index is 13.4. The summed E-state index contributed by atoms with van der Waals surface area (Å²) in [6.45, 7) is 3.46. The van der Waals surface area contributed by atoms with Crippen LogP contribution in [-0.4, -0.2) is 75.9 Å². The molecule has 0 bridgehead atoms. The van der Waals surface area contributed by atoms with Gasteiger partial charge in [0.15, 0.2) is 0 Å². The lowest BCUT2D eigenvalue weighted by molar-refractivity contribution is -0.134. The number of hydrogen-bond acceptors (Lipinski definition) is 8. The minimum absolute atomic E-state index is 0.0185. The number of aliphatic hydroxyl groups is 1. The summed E-state index contributed by atoms with van der Waals surface area (Å²) in [4.78, 5) is 14.8. The Morgan fingerprint density at radius 3 is 2.51 bits per heavy atom. The van der Waals surface area contributed by atoms with Crippen molar-refractivity contribution < 1.29 is 35.9 Å². The molecule has 14 heteroatoms. The summed E-state index contributed by atoms with van der Waals surface area (Å²) in [5.74, 6) is -0.907. The van der Waals surface area contributed by atoms with Gasteiger partial charge in [-0.1, -0.05) is 13.0 Å². The van der Waals surface area contributed by atoms with E-state index in [1.807, 2.05) is 6.92 Å². The number of nitrogens with one attached hydrogen (secondary N) is 1. The molecular weight excluding hydrogens is 594 g/mol. The van der Waals surface area contributed by atoms with Crippen molar-refractivity contribution in [1.82, 2.24) is 9.21 Å². The second-order valence-electron chi connectivity index (χ2n) is 9.99. The van der Waals surface area contributed by atoms with Crippen molar-refractivity contribution in [3.8, 4) is 5.75 Å². The minimum atomic E-state index is -4.05. The number of carbonyl (C=O) groups excluding carboxylic acids is 1. The number of amides is 1. The fraction of sp³-hybridized carbons (Fsp3) is 0.370. The molecule has 222 valence electrons. The first-order valence-corrected chi connectivity index (χ1v) is 16.6. The van der Waals surface area contributed by atoms with E-state index in [0.29, 0.717) is 11.3 Å². The number of carbonyl (C=O) groups is 1. The van der Waals surface area contributed by atoms with Crippen molar-refractivity contribution in [3.63, 3.8) is 0 Å². The molecule has 0 radical (unpaired) electrons. The number of halogens is 1. The number of ether oxygens (including phenoxy) is 1. The van der Waals surface area contributed by atoms with Crippen LogP contribution >= 0.6 is 11.3 Å². The lowest BCUT2D eigenvalue weighted by atomic mass is 10.0. The van der Waals surface area contributed by atoms with Gasteiger partial charge in [-0.2, -0.15) is 4.31 Å². The lowest BCUT2D eigenvalue weighted by Gasteiger charge is -2.33. The first-order valence-electron chi connectivity index (χ1n) is 12.8. The zero-order valence-electron chi connectivity index (χ0n) is 22.7. The maximum Gasteiger partial charge on any atom is 0.261 e. The molecule has 0 saturated carbocycles. The quantitative estimate of drug-likeness (QED) is 0.373. The zero-order chi connectivity index (χ0) is 29.9. The van der Waals surface area contributed by atoms with Gasteiger partial charge in [-0.25, -0.2) is 21.2 Å². The Morgan fingerprint density at radius 2 is 1.88 bits per heavy atom. The van der Waals surface area contributed by atoms with Gasteiger partial charge in [0.05, 0.1) is 30.5 Å². The molecule has 3 aromatic rings. The molecule has 41 heavy (non-hydrogen) atoms. The van der Waals surface area contributed by atoms with Crippen molar-refractivity contribution in [3.05, 3.63) is 71.4 Å². The van der Waals surface area contributed by atoms with Crippen LogP contribution in [0.1, 0.15) is 19.4 Å². The molecule has 1 aromatic heterocycles. The number of rotatable bonds is 9. The number of likely N-dealkylation sites (N-methyl/N-ethyl adjacent to an activating group) is 1. The van der Waals surface area contributed by atoms with Crippen LogP contribution in [0.2, 0.25) is 0 Å². The van der Waals surface area contributed by atoms with Crippen LogP contribution in [0.3, 0.4) is 0 Å². The smallest absolute Gasteiger partial charge is 0.261 e. The van der Waals surface area contributed by atoms with Crippen LogP contribution in [0, 0.1) is 11.7 Å². The summed E-state index contributed by atoms with van der Waals surface area (Å²) >= 11 is 1.11. The van der Waals surface area contributed by atoms with E-state index in [9.17, 15) is 31.1 Å². The van der Waals surface area contributed by atoms with E-state index in [1.54, 1.807) is 18.4 Å². The molecule has 1 aliphatic rings. The highest BCUT2D eigenvalue weighted by Crippen LogP contribution is 2.31. The maximum atomic E-state index is 13.4. The molecule has 3 atom stereocenters. The molecule has 10 nitrogen and oxygen atoms in total. The molecule has 1 amide bonds. The van der Waals surface area contributed by atoms with Gasteiger partial charge in [-0.05, 0) is 60.8 Å². The van der Waals surface area contributed by atoms with Crippen LogP contribution in [0.4, 0.5) is 10.1 Å². The van der Waals surface area contributed by atoms with Crippen molar-refractivity contribution in [2.24, 2.45) is 5.92 Å². The van der Waals surface area contributed by atoms with Gasteiger partial charge < -0.3 is 14.7 Å². The standard InChI is InChI=1S/C27H32FN3O7S3/c1-18-15-31(19(2)17-32)26(33)14-20-13-22(29-40(34,35)23-9-6-21(28)7-10-23)8-11-24(20)38-25(18)16-30(3)41(36,37)27-5-4-12-39-27/h4-13,18-19,25,29,32H,14-17H2,1-3H3/t18-,19+,25+/m1/s1. The van der Waals surface area contributed by atoms with Crippen molar-refractivity contribution >= 4 is 43.0 Å². The second kappa shape index (κ2) is 12.4. The van der Waals surface area contributed by atoms with Crippen molar-refractivity contribution in [2.75, 3.05) is 31.5 Å². The SMILES string of the molecule is C[C@@H]1CN([C@@H](C)CO)C(=O)Cc2cc(NS(=O)(=O)c3ccc(F)cc3)ccc2O[C@H]1CN(C)S(=O)(=O)c1cccs1. The number of benzene rings is 2. The molecule has 0 unspecified atom stereocenters. The third-order valence-corrected chi connectivity index (χ3v) is 11.5. The predicted octanol–water partition coefficient (Wildman–Crippen LogP) is 3.16. The highest BCUT2D eigenvalue weighted by Gasteiger charge is 2.34. The van der Waals surface area contributed by atoms with E-state index in [4.69, 9.17) is 4.74 Å². The average molecular weight is 626 g/mol. The molecule has 4 rings (SSSR count). The van der Waals surface area contributed by atoms with Crippen molar-refractivity contribution in [2.45, 2.75) is 41.5 Å². The van der Waals surface area contributed by atoms with Gasteiger partial charge in [0.2, 0.25) is 5.91 Å². The van der Waals surface area contributed by atoms with E-state index in [2.05, 4.69) is 4.72 Å². The number of hydrogen-bond donors (Lipinski definition) is 2. The fourth-order valence-electron chi connectivity index (χ4n) is 4.45. The Labute approximate surface area is 243 Å². The van der Waals surface area contributed by atoms with Gasteiger partial charge in [-0.3, -0.25) is 9.52 Å². The van der Waals surface area contributed by atoms with Crippen LogP contribution in [0.15, 0.2) is 69.1 Å². The largest absolute Gasteiger partial charge is 0.488 e. The molecule has 2 aromatic carbocycles. The normalized spacial score (nSPS) is 19.1. The van der Waals surface area contributed by atoms with E-state index in [1.165, 1.54) is 40.5 Å². The molecular formula is C27H32FN3O7S3. The fourth-order valence-corrected chi connectivity index (χ4v) is 7.89. The molecule has 0 spiro atoms. The Bertz CT molecular complexity index is 1580. The number of nitrogens with zero attached hydrogens (tertiary/aromatic N) is 2. The summed E-state index contributed by atoms with van der Waals surface area (Å²) in [5, 5.41) is 11.5. The van der Waals surface area contributed by atoms with Gasteiger partial charge in [0.25, 0.3) is 20.0 Å². The highest BCUT2D eigenvalue weighted by atomic mass is 32.2. The summed E-state index contributed by atoms with van der Waals surface area (Å²) in [6.07, 6.45) is -0.830. The zero-order valence-corrected chi connectivity index (χ0v) is 25.2. The lowest BCUT2D eigenvalue weighted by Crippen LogP contribution is -2.48. The van der Waals surface area contributed by atoms with Crippen LogP contribution in [0.5, 0.6) is 5.75 Å². The highest BCUT2D eigenvalue weighted by molar-refractivity contribution is 7.92. The Hall–Kier alpha value is -3.04. The van der Waals surface area contributed by atoms with Gasteiger partial charge >= 0.3 is 0 Å². The molecule has 1 aliphatic heterocycles. The number of anilines is 1. The van der Waals surface area contributed by atoms with Gasteiger partial charge in [0.1, 0.15) is 21.9 Å². The van der Waals surface area contributed by atoms with Crippen LogP contribution < -0.4 is 9.46 Å². The Balaban J connectivity index is 1.68. The molecule has 0 fully saturated rings. The Morgan fingerprint density at radius 1 is 1.17 bits per heavy atom. The molecule has 0 saturated heterocycles. The number of thiophene rings is 1. The van der Waals surface area contributed by atoms with Gasteiger partial charge in [0, 0.05) is 30.8 Å². The first-order chi connectivity index (χ1) is 19.3. The summed E-state index contributed by atoms with van der Waals surface area (Å²) in [5.41, 5.74) is 0.541. The topological polar surface area (TPSA) is 133 Å². The number of fused-ring (bicyclic) bond motifs is 1. The second-order valence-corrected chi connectivity index (χ2v) is 14.9. The van der Waals surface area contributed by atoms with E-state index in [-0.39, 0.29) is 52.7 Å². The van der Waals surface area contributed by atoms with Crippen molar-refractivity contribution in [1.29, 1.82) is 0 Å². The average Bonchev–Trinajstić information content (AvgIpc) is 3.48. The van der Waals surface area contributed by atoms with Crippen LogP contribution in [-0.2, 0) is 31.3 Å². The Kier molecular flexibility index (Phi) is 9.39. The van der Waals surface area contributed by atoms with E-state index >= 15 is 0 Å². The third kappa shape index (κ3) is 7.07. The predicted molar refractivity (Wildman–Crippen MR) is 153 cm³/mol. The van der Waals surface area contributed by atoms with Crippen LogP contribution in [0.25, 0.3) is 0 Å². The third-order valence-electron chi connectivity index (χ3n) is 6.89. The number of aliphatic hydroxyl groups excluding tert-OH is 1. The summed E-state index contributed by atoms with van der Waals surface area (Å²) in [6, 6.07) is 11.5. The van der Waals surface area contributed by atoms with E-state index in [0.717, 1.165) is 35.6 Å². The minimum Gasteiger partial charge on any atom is -0.488 e. The molecule has 2 N–H and O–H groups in total. The summed E-state index contributed by atoms with van der Waals surface area (Å²) in [7, 11) is -6.37. The molecule has 2 heterocycles. The van der Waals surface area contributed by atoms with Gasteiger partial charge in [-0.15, -0.1) is 11.3 Å². The monoisotopic (exact) mass is 625 g/mol. The first kappa shape index (κ1) is 30.9. The van der Waals surface area contributed by atoms with E-state index < -0.39 is 38.0 Å². The summed E-state index contributed by atoms with van der Waals surface area (Å²) < 4.78 is 75.5.